The van der Waals surface area contributed by atoms with Crippen LogP contribution in [0.25, 0.3) is 11.2 Å². The molecule has 3 rings (SSSR count). The number of aliphatic hydroxyl groups is 3. The van der Waals surface area contributed by atoms with Crippen LogP contribution in [0.15, 0.2) is 5.16 Å². The number of thioether (sulfide) groups is 1. The Morgan fingerprint density at radius 2 is 1.96 bits per heavy atom. The molecular weight excluding hydrogens is 362 g/mol. The fraction of sp³-hybridized carbons (Fsp3) is 0.667. The van der Waals surface area contributed by atoms with Crippen LogP contribution in [0.2, 0.25) is 0 Å². The van der Waals surface area contributed by atoms with Crippen molar-refractivity contribution in [2.75, 3.05) is 18.1 Å². The molecule has 4 atom stereocenters. The van der Waals surface area contributed by atoms with Crippen molar-refractivity contribution in [3.63, 3.8) is 0 Å². The van der Waals surface area contributed by atoms with Crippen molar-refractivity contribution in [1.29, 1.82) is 0 Å². The Labute approximate surface area is 154 Å². The van der Waals surface area contributed by atoms with Crippen LogP contribution in [-0.2, 0) is 4.74 Å². The van der Waals surface area contributed by atoms with Crippen LogP contribution >= 0.6 is 11.8 Å². The summed E-state index contributed by atoms with van der Waals surface area (Å²) < 4.78 is 6.63. The lowest BCUT2D eigenvalue weighted by Gasteiger charge is -2.17. The maximum Gasteiger partial charge on any atom is 0.298 e. The number of aliphatic hydroxyl groups excluding tert-OH is 3. The molecular formula is C15H23N5O5S. The molecule has 1 aliphatic heterocycles. The summed E-state index contributed by atoms with van der Waals surface area (Å²) in [5, 5.41) is 40.1. The number of nitrogens with zero attached hydrogens (tertiary/aromatic N) is 4. The highest BCUT2D eigenvalue weighted by molar-refractivity contribution is 7.99. The lowest BCUT2D eigenvalue weighted by molar-refractivity contribution is -0.0537. The highest BCUT2D eigenvalue weighted by atomic mass is 32.2. The maximum atomic E-state index is 10.2. The van der Waals surface area contributed by atoms with E-state index in [1.165, 1.54) is 11.8 Å². The fourth-order valence-electron chi connectivity index (χ4n) is 2.87. The molecule has 10 nitrogen and oxygen atoms in total. The van der Waals surface area contributed by atoms with E-state index in [0.29, 0.717) is 5.16 Å². The monoisotopic (exact) mass is 385 g/mol. The highest BCUT2D eigenvalue weighted by Gasteiger charge is 2.45. The van der Waals surface area contributed by atoms with Crippen LogP contribution in [0.1, 0.15) is 32.4 Å². The molecule has 0 aliphatic carbocycles. The van der Waals surface area contributed by atoms with Gasteiger partial charge in [-0.1, -0.05) is 31.5 Å². The summed E-state index contributed by atoms with van der Waals surface area (Å²) in [6, 6.07) is -0.469. The van der Waals surface area contributed by atoms with Gasteiger partial charge in [-0.15, -0.1) is 0 Å². The third kappa shape index (κ3) is 3.45. The molecule has 26 heavy (non-hydrogen) atoms. The molecule has 0 radical (unpaired) electrons. The number of aromatic nitrogens is 4. The molecule has 0 spiro atoms. The van der Waals surface area contributed by atoms with Crippen LogP contribution in [0.5, 0.6) is 6.01 Å². The molecule has 0 aromatic carbocycles. The minimum absolute atomic E-state index is 0.105. The standard InChI is InChI=1S/C15H23N5O5S/c1-2-3-4-5-26-14-18-11(16)8-12(19-14)20(15(24)17-8)13-10(23)9(22)7(6-21)25-13/h7,9-10,13,21-23H,2-6H2,1H3,(H,17,24)(H2,16,18,19)/t7-,9-,10-,13-/m1/s1. The number of hydrogen-bond acceptors (Lipinski definition) is 10. The average molecular weight is 385 g/mol. The Balaban J connectivity index is 1.95. The first kappa shape index (κ1) is 19.1. The summed E-state index contributed by atoms with van der Waals surface area (Å²) in [6.45, 7) is 1.64. The van der Waals surface area contributed by atoms with E-state index in [1.54, 1.807) is 0 Å². The van der Waals surface area contributed by atoms with E-state index in [1.807, 2.05) is 0 Å². The normalized spacial score (nSPS) is 26.0. The number of fused-ring (bicyclic) bond motifs is 1. The quantitative estimate of drug-likeness (QED) is 0.249. The Bertz CT molecular complexity index is 772. The van der Waals surface area contributed by atoms with Gasteiger partial charge in [-0.25, -0.2) is 14.5 Å². The molecule has 11 heteroatoms. The third-order valence-electron chi connectivity index (χ3n) is 4.28. The van der Waals surface area contributed by atoms with Crippen molar-refractivity contribution in [2.45, 2.75) is 55.9 Å². The van der Waals surface area contributed by atoms with Crippen LogP contribution in [0.3, 0.4) is 0 Å². The molecule has 6 N–H and O–H groups in total. The second-order valence-corrected chi connectivity index (χ2v) is 7.19. The van der Waals surface area contributed by atoms with Crippen molar-refractivity contribution in [1.82, 2.24) is 19.5 Å². The fourth-order valence-corrected chi connectivity index (χ4v) is 3.72. The number of rotatable bonds is 7. The van der Waals surface area contributed by atoms with Gasteiger partial charge in [0.15, 0.2) is 28.4 Å². The zero-order valence-electron chi connectivity index (χ0n) is 14.3. The molecule has 0 saturated carbocycles. The van der Waals surface area contributed by atoms with E-state index >= 15 is 0 Å². The van der Waals surface area contributed by atoms with Crippen molar-refractivity contribution in [3.05, 3.63) is 0 Å². The number of nitrogen functional groups attached to an aromatic ring is 1. The summed E-state index contributed by atoms with van der Waals surface area (Å²) in [5.74, 6) is 0.932. The SMILES string of the molecule is CCCCCSc1nc(N)c2nc(O)n([C@@H]3O[C@H](CO)[C@@H](O)[C@H]3O)c2n1. The topological polar surface area (TPSA) is 160 Å². The van der Waals surface area contributed by atoms with Gasteiger partial charge in [0.1, 0.15) is 18.3 Å². The second-order valence-electron chi connectivity index (χ2n) is 6.13. The minimum atomic E-state index is -1.37. The largest absolute Gasteiger partial charge is 0.480 e. The van der Waals surface area contributed by atoms with E-state index in [2.05, 4.69) is 21.9 Å². The summed E-state index contributed by atoms with van der Waals surface area (Å²) in [7, 11) is 0. The zero-order valence-corrected chi connectivity index (χ0v) is 15.1. The number of anilines is 1. The number of unbranched alkanes of at least 4 members (excludes halogenated alkanes) is 2. The molecule has 2 aromatic heterocycles. The van der Waals surface area contributed by atoms with Crippen LogP contribution in [0.4, 0.5) is 5.82 Å². The average Bonchev–Trinajstić information content (AvgIpc) is 3.09. The maximum absolute atomic E-state index is 10.2. The van der Waals surface area contributed by atoms with Gasteiger partial charge < -0.3 is 30.9 Å². The first-order chi connectivity index (χ1) is 12.5. The number of imidazole rings is 1. The smallest absolute Gasteiger partial charge is 0.298 e. The van der Waals surface area contributed by atoms with Crippen LogP contribution in [-0.4, -0.2) is 70.6 Å². The van der Waals surface area contributed by atoms with E-state index in [9.17, 15) is 20.4 Å². The molecule has 2 aromatic rings. The molecule has 0 amide bonds. The van der Waals surface area contributed by atoms with Gasteiger partial charge in [-0.05, 0) is 6.42 Å². The Morgan fingerprint density at radius 1 is 1.19 bits per heavy atom. The minimum Gasteiger partial charge on any atom is -0.480 e. The number of aromatic hydroxyl groups is 1. The van der Waals surface area contributed by atoms with Gasteiger partial charge in [0.2, 0.25) is 0 Å². The van der Waals surface area contributed by atoms with E-state index < -0.39 is 37.2 Å². The van der Waals surface area contributed by atoms with Crippen molar-refractivity contribution in [2.24, 2.45) is 0 Å². The molecule has 1 fully saturated rings. The molecule has 3 heterocycles. The van der Waals surface area contributed by atoms with Crippen molar-refractivity contribution in [3.8, 4) is 6.01 Å². The molecule has 0 unspecified atom stereocenters. The van der Waals surface area contributed by atoms with Crippen LogP contribution in [0, 0.1) is 0 Å². The van der Waals surface area contributed by atoms with E-state index in [-0.39, 0.29) is 17.0 Å². The third-order valence-corrected chi connectivity index (χ3v) is 5.21. The first-order valence-electron chi connectivity index (χ1n) is 8.47. The summed E-state index contributed by atoms with van der Waals surface area (Å²) in [6.07, 6.45) is -1.58. The second kappa shape index (κ2) is 7.92. The molecule has 1 aliphatic rings. The zero-order chi connectivity index (χ0) is 18.8. The Morgan fingerprint density at radius 3 is 2.62 bits per heavy atom. The predicted octanol–water partition coefficient (Wildman–Crippen LogP) is 0.00790. The number of nitrogens with two attached hydrogens (primary N) is 1. The van der Waals surface area contributed by atoms with Gasteiger partial charge in [-0.3, -0.25) is 0 Å². The van der Waals surface area contributed by atoms with E-state index in [4.69, 9.17) is 10.5 Å². The highest BCUT2D eigenvalue weighted by Crippen LogP contribution is 2.36. The Kier molecular flexibility index (Phi) is 5.82. The lowest BCUT2D eigenvalue weighted by Crippen LogP contribution is -2.33. The summed E-state index contributed by atoms with van der Waals surface area (Å²) >= 11 is 1.44. The van der Waals surface area contributed by atoms with Gasteiger partial charge in [-0.2, -0.15) is 4.98 Å². The van der Waals surface area contributed by atoms with E-state index in [0.717, 1.165) is 29.6 Å². The summed E-state index contributed by atoms with van der Waals surface area (Å²) in [5.41, 5.74) is 6.32. The van der Waals surface area contributed by atoms with Crippen molar-refractivity contribution >= 4 is 28.7 Å². The van der Waals surface area contributed by atoms with Crippen molar-refractivity contribution < 1.29 is 25.2 Å². The predicted molar refractivity (Wildman–Crippen MR) is 94.7 cm³/mol. The summed E-state index contributed by atoms with van der Waals surface area (Å²) in [4.78, 5) is 12.5. The molecule has 144 valence electrons. The number of ether oxygens (including phenoxy) is 1. The molecule has 0 bridgehead atoms. The number of hydrogen-bond donors (Lipinski definition) is 5. The Hall–Kier alpha value is -1.66. The van der Waals surface area contributed by atoms with Gasteiger partial charge in [0.25, 0.3) is 6.01 Å². The van der Waals surface area contributed by atoms with Crippen LogP contribution < -0.4 is 5.73 Å². The van der Waals surface area contributed by atoms with Gasteiger partial charge >= 0.3 is 0 Å². The molecule has 1 saturated heterocycles. The first-order valence-corrected chi connectivity index (χ1v) is 9.46. The lowest BCUT2D eigenvalue weighted by atomic mass is 10.1. The van der Waals surface area contributed by atoms with Gasteiger partial charge in [0.05, 0.1) is 6.61 Å². The van der Waals surface area contributed by atoms with Gasteiger partial charge in [0, 0.05) is 5.75 Å².